The van der Waals surface area contributed by atoms with Crippen LogP contribution in [-0.2, 0) is 16.0 Å². The molecule has 2 atom stereocenters. The summed E-state index contributed by atoms with van der Waals surface area (Å²) in [7, 11) is 1.44. The number of methoxy groups -OCH3 is 1. The van der Waals surface area contributed by atoms with Gasteiger partial charge in [0.25, 0.3) is 0 Å². The number of amides is 3. The Labute approximate surface area is 141 Å². The minimum absolute atomic E-state index is 0.272. The van der Waals surface area contributed by atoms with Gasteiger partial charge in [-0.1, -0.05) is 30.3 Å². The third-order valence-corrected chi connectivity index (χ3v) is 3.63. The number of carbonyl (C=O) groups is 2. The van der Waals surface area contributed by atoms with Crippen molar-refractivity contribution in [3.63, 3.8) is 0 Å². The first kappa shape index (κ1) is 18.2. The zero-order valence-electron chi connectivity index (χ0n) is 14.4. The molecule has 1 N–H and O–H groups in total. The first-order valence-corrected chi connectivity index (χ1v) is 7.79. The molecule has 0 saturated carbocycles. The van der Waals surface area contributed by atoms with E-state index in [1.807, 2.05) is 30.3 Å². The lowest BCUT2D eigenvalue weighted by Crippen LogP contribution is -2.46. The van der Waals surface area contributed by atoms with Gasteiger partial charge in [0, 0.05) is 7.11 Å². The Kier molecular flexibility index (Phi) is 5.46. The summed E-state index contributed by atoms with van der Waals surface area (Å²) >= 11 is 0. The minimum Gasteiger partial charge on any atom is -0.443 e. The van der Waals surface area contributed by atoms with Crippen molar-refractivity contribution in [3.8, 4) is 0 Å². The van der Waals surface area contributed by atoms with E-state index in [1.54, 1.807) is 20.8 Å². The highest BCUT2D eigenvalue weighted by molar-refractivity contribution is 5.93. The summed E-state index contributed by atoms with van der Waals surface area (Å²) in [6.07, 6.45) is -1.53. The largest absolute Gasteiger partial charge is 0.443 e. The van der Waals surface area contributed by atoms with E-state index in [-0.39, 0.29) is 6.54 Å². The van der Waals surface area contributed by atoms with E-state index < -0.39 is 36.6 Å². The number of carbonyl (C=O) groups excluding carboxylic acids is 2. The predicted molar refractivity (Wildman–Crippen MR) is 87.1 cm³/mol. The highest BCUT2D eigenvalue weighted by Crippen LogP contribution is 2.27. The maximum absolute atomic E-state index is 12.7. The molecule has 7 heteroatoms. The fraction of sp³-hybridized carbons (Fsp3) is 0.529. The molecule has 0 bridgehead atoms. The molecule has 1 fully saturated rings. The summed E-state index contributed by atoms with van der Waals surface area (Å²) < 4.78 is 10.7. The molecule has 7 nitrogen and oxygen atoms in total. The van der Waals surface area contributed by atoms with Gasteiger partial charge in [-0.25, -0.2) is 14.5 Å². The van der Waals surface area contributed by atoms with Gasteiger partial charge in [-0.15, -0.1) is 0 Å². The van der Waals surface area contributed by atoms with Crippen LogP contribution in [0.2, 0.25) is 0 Å². The molecule has 0 aromatic heterocycles. The van der Waals surface area contributed by atoms with Crippen LogP contribution in [0, 0.1) is 0 Å². The number of hydrogen-bond donors (Lipinski definition) is 1. The number of imide groups is 1. The van der Waals surface area contributed by atoms with Crippen molar-refractivity contribution in [2.75, 3.05) is 13.7 Å². The Morgan fingerprint density at radius 1 is 1.25 bits per heavy atom. The van der Waals surface area contributed by atoms with Gasteiger partial charge in [0.05, 0.1) is 13.2 Å². The average Bonchev–Trinajstić information content (AvgIpc) is 2.78. The summed E-state index contributed by atoms with van der Waals surface area (Å²) in [5, 5.41) is 9.68. The second kappa shape index (κ2) is 7.19. The molecule has 24 heavy (non-hydrogen) atoms. The molecule has 1 aromatic rings. The number of aliphatic hydroxyl groups excluding tert-OH is 1. The number of urea groups is 1. The van der Waals surface area contributed by atoms with Crippen LogP contribution in [-0.4, -0.2) is 58.6 Å². The molecule has 132 valence electrons. The van der Waals surface area contributed by atoms with Crippen LogP contribution < -0.4 is 0 Å². The van der Waals surface area contributed by atoms with Gasteiger partial charge < -0.3 is 14.6 Å². The van der Waals surface area contributed by atoms with Crippen LogP contribution >= 0.6 is 0 Å². The number of rotatable bonds is 4. The third kappa shape index (κ3) is 3.85. The van der Waals surface area contributed by atoms with Crippen LogP contribution in [0.4, 0.5) is 9.59 Å². The first-order valence-electron chi connectivity index (χ1n) is 7.79. The van der Waals surface area contributed by atoms with E-state index >= 15 is 0 Å². The second-order valence-electron chi connectivity index (χ2n) is 6.62. The van der Waals surface area contributed by atoms with Crippen molar-refractivity contribution in [2.45, 2.75) is 45.2 Å². The Morgan fingerprint density at radius 2 is 1.88 bits per heavy atom. The summed E-state index contributed by atoms with van der Waals surface area (Å²) in [5.74, 6) is 0. The van der Waals surface area contributed by atoms with Crippen molar-refractivity contribution in [1.82, 2.24) is 9.80 Å². The molecule has 0 aliphatic carbocycles. The van der Waals surface area contributed by atoms with Gasteiger partial charge >= 0.3 is 12.1 Å². The van der Waals surface area contributed by atoms with Crippen molar-refractivity contribution >= 4 is 12.1 Å². The highest BCUT2D eigenvalue weighted by atomic mass is 16.6. The van der Waals surface area contributed by atoms with Crippen LogP contribution in [0.25, 0.3) is 0 Å². The lowest BCUT2D eigenvalue weighted by atomic mass is 10.2. The molecular formula is C17H24N2O5. The van der Waals surface area contributed by atoms with Gasteiger partial charge in [-0.3, -0.25) is 4.90 Å². The molecular weight excluding hydrogens is 312 g/mol. The standard InChI is InChI=1S/C17H24N2O5/c1-17(2,3)24-16(22)19-13(11-20)14(23-4)18(15(19)21)10-12-8-6-5-7-9-12/h5-9,13-14,20H,10-11H2,1-4H3/t13-,14-/m0/s1. The van der Waals surface area contributed by atoms with E-state index in [1.165, 1.54) is 12.0 Å². The Morgan fingerprint density at radius 3 is 2.38 bits per heavy atom. The molecule has 1 aliphatic rings. The summed E-state index contributed by atoms with van der Waals surface area (Å²) in [6, 6.07) is 8.01. The Hall–Kier alpha value is -2.12. The quantitative estimate of drug-likeness (QED) is 0.912. The van der Waals surface area contributed by atoms with Crippen molar-refractivity contribution in [2.24, 2.45) is 0 Å². The summed E-state index contributed by atoms with van der Waals surface area (Å²) in [5.41, 5.74) is 0.155. The van der Waals surface area contributed by atoms with E-state index in [9.17, 15) is 14.7 Å². The smallest absolute Gasteiger partial charge is 0.419 e. The molecule has 2 rings (SSSR count). The lowest BCUT2D eigenvalue weighted by Gasteiger charge is -2.26. The SMILES string of the molecule is CO[C@H]1[C@H](CO)N(C(=O)OC(C)(C)C)C(=O)N1Cc1ccccc1. The molecule has 1 aliphatic heterocycles. The topological polar surface area (TPSA) is 79.3 Å². The maximum atomic E-state index is 12.7. The van der Waals surface area contributed by atoms with Gasteiger partial charge in [0.15, 0.2) is 6.23 Å². The van der Waals surface area contributed by atoms with Gasteiger partial charge in [-0.05, 0) is 26.3 Å². The predicted octanol–water partition coefficient (Wildman–Crippen LogP) is 2.19. The fourth-order valence-corrected chi connectivity index (χ4v) is 2.64. The number of hydrogen-bond acceptors (Lipinski definition) is 5. The molecule has 3 amide bonds. The molecule has 0 unspecified atom stereocenters. The number of nitrogens with zero attached hydrogens (tertiary/aromatic N) is 2. The van der Waals surface area contributed by atoms with Gasteiger partial charge in [-0.2, -0.15) is 0 Å². The van der Waals surface area contributed by atoms with Crippen LogP contribution in [0.3, 0.4) is 0 Å². The molecule has 1 heterocycles. The number of ether oxygens (including phenoxy) is 2. The average molecular weight is 336 g/mol. The monoisotopic (exact) mass is 336 g/mol. The highest BCUT2D eigenvalue weighted by Gasteiger charge is 2.50. The fourth-order valence-electron chi connectivity index (χ4n) is 2.64. The van der Waals surface area contributed by atoms with Crippen LogP contribution in [0.15, 0.2) is 30.3 Å². The van der Waals surface area contributed by atoms with E-state index in [4.69, 9.17) is 9.47 Å². The van der Waals surface area contributed by atoms with Gasteiger partial charge in [0.2, 0.25) is 0 Å². The molecule has 0 spiro atoms. The van der Waals surface area contributed by atoms with Crippen LogP contribution in [0.1, 0.15) is 26.3 Å². The summed E-state index contributed by atoms with van der Waals surface area (Å²) in [6.45, 7) is 5.02. The zero-order valence-corrected chi connectivity index (χ0v) is 14.4. The molecule has 0 radical (unpaired) electrons. The Balaban J connectivity index is 2.26. The summed E-state index contributed by atoms with van der Waals surface area (Å²) in [4.78, 5) is 27.5. The first-order chi connectivity index (χ1) is 11.3. The van der Waals surface area contributed by atoms with E-state index in [2.05, 4.69) is 0 Å². The zero-order chi connectivity index (χ0) is 17.9. The van der Waals surface area contributed by atoms with Crippen LogP contribution in [0.5, 0.6) is 0 Å². The van der Waals surface area contributed by atoms with Gasteiger partial charge in [0.1, 0.15) is 11.6 Å². The third-order valence-electron chi connectivity index (χ3n) is 3.63. The Bertz CT molecular complexity index is 584. The van der Waals surface area contributed by atoms with Crippen molar-refractivity contribution < 1.29 is 24.2 Å². The van der Waals surface area contributed by atoms with Crippen molar-refractivity contribution in [3.05, 3.63) is 35.9 Å². The van der Waals surface area contributed by atoms with E-state index in [0.29, 0.717) is 0 Å². The minimum atomic E-state index is -0.818. The van der Waals surface area contributed by atoms with Crippen molar-refractivity contribution in [1.29, 1.82) is 0 Å². The maximum Gasteiger partial charge on any atom is 0.419 e. The number of benzene rings is 1. The molecule has 1 saturated heterocycles. The normalized spacial score (nSPS) is 21.3. The lowest BCUT2D eigenvalue weighted by molar-refractivity contribution is -0.0308. The molecule has 1 aromatic carbocycles. The number of aliphatic hydroxyl groups is 1. The second-order valence-corrected chi connectivity index (χ2v) is 6.62. The van der Waals surface area contributed by atoms with E-state index in [0.717, 1.165) is 10.5 Å².